The van der Waals surface area contributed by atoms with Gasteiger partial charge in [-0.3, -0.25) is 4.90 Å². The SMILES string of the molecule is C=C1[C@@H]2C[C@@H]3[C@]4(C[C@H]5[C@@H]6[C@]7(C)C[C@H](O)C[C@@]36[C@@H]([C@H]4C2)N5C7)[C@@H]1O. The van der Waals surface area contributed by atoms with Crippen molar-refractivity contribution < 1.29 is 10.2 Å². The van der Waals surface area contributed by atoms with Crippen molar-refractivity contribution in [1.29, 1.82) is 0 Å². The normalized spacial score (nSPS) is 75.6. The van der Waals surface area contributed by atoms with E-state index in [0.717, 1.165) is 24.3 Å². The predicted octanol–water partition coefficient (Wildman–Crippen LogP) is 1.79. The first kappa shape index (κ1) is 12.9. The van der Waals surface area contributed by atoms with Crippen LogP contribution >= 0.6 is 0 Å². The summed E-state index contributed by atoms with van der Waals surface area (Å²) in [6.45, 7) is 7.96. The Bertz CT molecular complexity index is 677. The van der Waals surface area contributed by atoms with Crippen LogP contribution in [-0.4, -0.2) is 45.9 Å². The van der Waals surface area contributed by atoms with Gasteiger partial charge in [-0.05, 0) is 72.2 Å². The summed E-state index contributed by atoms with van der Waals surface area (Å²) >= 11 is 0. The van der Waals surface area contributed by atoms with Crippen LogP contribution in [0, 0.1) is 39.9 Å². The van der Waals surface area contributed by atoms with Gasteiger partial charge in [-0.15, -0.1) is 0 Å². The minimum absolute atomic E-state index is 0.118. The quantitative estimate of drug-likeness (QED) is 0.670. The Balaban J connectivity index is 1.52. The maximum absolute atomic E-state index is 11.2. The monoisotopic (exact) mass is 313 g/mol. The van der Waals surface area contributed by atoms with Crippen molar-refractivity contribution in [2.24, 2.45) is 39.9 Å². The van der Waals surface area contributed by atoms with Crippen molar-refractivity contribution >= 4 is 0 Å². The standard InChI is InChI=1S/C20H27NO2/c1-9-10-3-12-16-20-6-11(22)5-18(2)8-21(16)13(15(18)20)7-19(12,17(9)23)14(20)4-10/h10-17,22-23H,1,3-8H2,2H3/t10-,11-,12+,13-,14+,15+,16+,17+,18+,19+,20+/m0/s1. The van der Waals surface area contributed by atoms with Gasteiger partial charge in [0, 0.05) is 24.0 Å². The van der Waals surface area contributed by atoms with Gasteiger partial charge in [0.05, 0.1) is 12.2 Å². The third-order valence-electron chi connectivity index (χ3n) is 10.3. The third-order valence-corrected chi connectivity index (χ3v) is 10.3. The molecule has 0 aromatic heterocycles. The van der Waals surface area contributed by atoms with Crippen molar-refractivity contribution in [3.05, 3.63) is 12.2 Å². The summed E-state index contributed by atoms with van der Waals surface area (Å²) in [6, 6.07) is 1.34. The van der Waals surface area contributed by atoms with Crippen LogP contribution in [0.3, 0.4) is 0 Å². The molecule has 0 radical (unpaired) electrons. The van der Waals surface area contributed by atoms with Crippen LogP contribution in [0.4, 0.5) is 0 Å². The summed E-state index contributed by atoms with van der Waals surface area (Å²) < 4.78 is 0. The molecule has 9 bridgehead atoms. The summed E-state index contributed by atoms with van der Waals surface area (Å²) in [4.78, 5) is 2.88. The molecule has 2 N–H and O–H groups in total. The highest BCUT2D eigenvalue weighted by Crippen LogP contribution is 2.86. The van der Waals surface area contributed by atoms with Gasteiger partial charge in [-0.1, -0.05) is 13.5 Å². The third kappa shape index (κ3) is 0.950. The Morgan fingerprint density at radius 2 is 1.96 bits per heavy atom. The lowest BCUT2D eigenvalue weighted by Crippen LogP contribution is -2.64. The molecule has 1 unspecified atom stereocenters. The lowest BCUT2D eigenvalue weighted by atomic mass is 9.40. The Hall–Kier alpha value is -0.380. The number of aliphatic hydroxyl groups is 2. The summed E-state index contributed by atoms with van der Waals surface area (Å²) in [5.41, 5.74) is 1.90. The molecule has 124 valence electrons. The summed E-state index contributed by atoms with van der Waals surface area (Å²) in [6.07, 6.45) is 5.37. The number of hydrogen-bond acceptors (Lipinski definition) is 3. The van der Waals surface area contributed by atoms with Crippen LogP contribution < -0.4 is 0 Å². The van der Waals surface area contributed by atoms with Gasteiger partial charge < -0.3 is 10.2 Å². The van der Waals surface area contributed by atoms with Crippen LogP contribution in [-0.2, 0) is 0 Å². The summed E-state index contributed by atoms with van der Waals surface area (Å²) in [7, 11) is 0. The fourth-order valence-electron chi connectivity index (χ4n) is 10.5. The number of aliphatic hydroxyl groups excluding tert-OH is 2. The van der Waals surface area contributed by atoms with Crippen LogP contribution in [0.15, 0.2) is 12.2 Å². The molecule has 9 fully saturated rings. The molecule has 9 aliphatic rings. The maximum Gasteiger partial charge on any atom is 0.0813 e. The minimum Gasteiger partial charge on any atom is -0.393 e. The molecule has 3 heteroatoms. The predicted molar refractivity (Wildman–Crippen MR) is 85.5 cm³/mol. The fraction of sp³-hybridized carbons (Fsp3) is 0.900. The Morgan fingerprint density at radius 1 is 1.13 bits per heavy atom. The molecule has 0 aromatic rings. The van der Waals surface area contributed by atoms with E-state index in [1.54, 1.807) is 0 Å². The van der Waals surface area contributed by atoms with Gasteiger partial charge in [0.2, 0.25) is 0 Å². The van der Waals surface area contributed by atoms with E-state index in [9.17, 15) is 10.2 Å². The van der Waals surface area contributed by atoms with Crippen LogP contribution in [0.1, 0.15) is 39.0 Å². The molecule has 23 heavy (non-hydrogen) atoms. The second kappa shape index (κ2) is 3.20. The first-order valence-corrected chi connectivity index (χ1v) is 9.74. The Morgan fingerprint density at radius 3 is 2.78 bits per heavy atom. The van der Waals surface area contributed by atoms with Crippen LogP contribution in [0.25, 0.3) is 0 Å². The highest BCUT2D eigenvalue weighted by Gasteiger charge is 2.88. The van der Waals surface area contributed by atoms with Crippen LogP contribution in [0.5, 0.6) is 0 Å². The summed E-state index contributed by atoms with van der Waals surface area (Å²) in [5, 5.41) is 22.0. The number of rotatable bonds is 0. The van der Waals surface area contributed by atoms with Crippen molar-refractivity contribution in [2.45, 2.75) is 63.3 Å². The highest BCUT2D eigenvalue weighted by molar-refractivity contribution is 5.42. The fourth-order valence-corrected chi connectivity index (χ4v) is 10.5. The molecule has 6 aliphatic carbocycles. The van der Waals surface area contributed by atoms with Crippen molar-refractivity contribution in [1.82, 2.24) is 4.90 Å². The molecule has 3 aliphatic heterocycles. The largest absolute Gasteiger partial charge is 0.393 e. The van der Waals surface area contributed by atoms with E-state index >= 15 is 0 Å². The second-order valence-corrected chi connectivity index (χ2v) is 10.6. The first-order valence-electron chi connectivity index (χ1n) is 9.74. The molecule has 3 nitrogen and oxygen atoms in total. The zero-order valence-corrected chi connectivity index (χ0v) is 13.9. The van der Waals surface area contributed by atoms with E-state index in [-0.39, 0.29) is 17.6 Å². The minimum atomic E-state index is -0.263. The Kier molecular flexibility index (Phi) is 1.79. The molecule has 0 amide bonds. The van der Waals surface area contributed by atoms with Crippen molar-refractivity contribution in [2.75, 3.05) is 6.54 Å². The average molecular weight is 313 g/mol. The second-order valence-electron chi connectivity index (χ2n) is 10.6. The van der Waals surface area contributed by atoms with Crippen molar-refractivity contribution in [3.63, 3.8) is 0 Å². The van der Waals surface area contributed by atoms with Gasteiger partial charge in [0.15, 0.2) is 0 Å². The lowest BCUT2D eigenvalue weighted by molar-refractivity contribution is -0.176. The van der Waals surface area contributed by atoms with E-state index in [1.807, 2.05) is 0 Å². The molecule has 3 saturated heterocycles. The molecule has 2 spiro atoms. The van der Waals surface area contributed by atoms with E-state index < -0.39 is 0 Å². The number of hydrogen-bond donors (Lipinski definition) is 2. The zero-order valence-electron chi connectivity index (χ0n) is 13.9. The highest BCUT2D eigenvalue weighted by atomic mass is 16.3. The lowest BCUT2D eigenvalue weighted by Gasteiger charge is -2.65. The molecule has 6 saturated carbocycles. The topological polar surface area (TPSA) is 43.7 Å². The maximum atomic E-state index is 11.2. The summed E-state index contributed by atoms with van der Waals surface area (Å²) in [5.74, 6) is 2.64. The van der Waals surface area contributed by atoms with Gasteiger partial charge in [-0.2, -0.15) is 0 Å². The first-order chi connectivity index (χ1) is 10.9. The van der Waals surface area contributed by atoms with Gasteiger partial charge >= 0.3 is 0 Å². The van der Waals surface area contributed by atoms with Gasteiger partial charge in [0.1, 0.15) is 0 Å². The smallest absolute Gasteiger partial charge is 0.0813 e. The van der Waals surface area contributed by atoms with Gasteiger partial charge in [-0.25, -0.2) is 0 Å². The van der Waals surface area contributed by atoms with E-state index in [0.29, 0.717) is 40.7 Å². The number of piperidine rings is 2. The zero-order chi connectivity index (χ0) is 15.5. The van der Waals surface area contributed by atoms with Crippen molar-refractivity contribution in [3.8, 4) is 0 Å². The van der Waals surface area contributed by atoms with Gasteiger partial charge in [0.25, 0.3) is 0 Å². The number of nitrogens with zero attached hydrogens (tertiary/aromatic N) is 1. The number of fused-ring (bicyclic) bond motifs is 1. The molecular formula is C20H27NO2. The Labute approximate surface area is 137 Å². The molecule has 9 rings (SSSR count). The molecular weight excluding hydrogens is 286 g/mol. The van der Waals surface area contributed by atoms with E-state index in [1.165, 1.54) is 25.8 Å². The molecule has 12 atom stereocenters. The van der Waals surface area contributed by atoms with Crippen LogP contribution in [0.2, 0.25) is 0 Å². The van der Waals surface area contributed by atoms with E-state index in [4.69, 9.17) is 0 Å². The molecule has 3 heterocycles. The average Bonchev–Trinajstić information content (AvgIpc) is 2.88. The van der Waals surface area contributed by atoms with E-state index in [2.05, 4.69) is 18.4 Å². The molecule has 0 aromatic carbocycles.